The molecule has 2 aromatic carbocycles. The summed E-state index contributed by atoms with van der Waals surface area (Å²) in [5, 5.41) is 16.6. The maximum atomic E-state index is 12.6. The van der Waals surface area contributed by atoms with E-state index in [1.165, 1.54) is 0 Å². The molecule has 1 atom stereocenters. The van der Waals surface area contributed by atoms with Crippen LogP contribution in [0.4, 0.5) is 4.79 Å². The van der Waals surface area contributed by atoms with E-state index in [1.807, 2.05) is 13.8 Å². The molecule has 0 spiro atoms. The smallest absolute Gasteiger partial charge is 0.407 e. The molecule has 0 heterocycles. The number of benzene rings is 2. The topological polar surface area (TPSA) is 96.9 Å². The summed E-state index contributed by atoms with van der Waals surface area (Å²) >= 11 is 5.89. The molecule has 0 radical (unpaired) electrons. The van der Waals surface area contributed by atoms with E-state index >= 15 is 0 Å². The molecule has 8 heteroatoms. The van der Waals surface area contributed by atoms with Gasteiger partial charge in [-0.3, -0.25) is 4.79 Å². The van der Waals surface area contributed by atoms with Gasteiger partial charge in [0.1, 0.15) is 17.0 Å². The van der Waals surface area contributed by atoms with Crippen LogP contribution >= 0.6 is 11.6 Å². The number of nitrogens with one attached hydrogen (secondary N) is 2. The average molecular weight is 517 g/mol. The number of hydrogen-bond donors (Lipinski definition) is 3. The number of ketones is 1. The summed E-state index contributed by atoms with van der Waals surface area (Å²) in [5.74, 6) is 0.507. The molecular formula is C28H37ClN2O5. The summed E-state index contributed by atoms with van der Waals surface area (Å²) in [7, 11) is 0. The van der Waals surface area contributed by atoms with Crippen molar-refractivity contribution in [3.8, 4) is 5.75 Å². The number of aliphatic hydroxyl groups is 1. The summed E-state index contributed by atoms with van der Waals surface area (Å²) in [4.78, 5) is 24.3. The molecule has 2 aromatic rings. The first-order valence-electron chi connectivity index (χ1n) is 11.9. The highest BCUT2D eigenvalue weighted by Crippen LogP contribution is 2.24. The molecule has 36 heavy (non-hydrogen) atoms. The number of halogens is 1. The lowest BCUT2D eigenvalue weighted by molar-refractivity contribution is 0.0517. The maximum absolute atomic E-state index is 12.6. The molecule has 0 aliphatic heterocycles. The molecule has 3 N–H and O–H groups in total. The summed E-state index contributed by atoms with van der Waals surface area (Å²) < 4.78 is 11.3. The molecule has 196 valence electrons. The van der Waals surface area contributed by atoms with Gasteiger partial charge in [0.25, 0.3) is 0 Å². The first-order chi connectivity index (χ1) is 16.8. The largest absolute Gasteiger partial charge is 0.482 e. The monoisotopic (exact) mass is 516 g/mol. The van der Waals surface area contributed by atoms with Gasteiger partial charge in [0.2, 0.25) is 0 Å². The van der Waals surface area contributed by atoms with Crippen molar-refractivity contribution in [3.63, 3.8) is 0 Å². The minimum atomic E-state index is -0.731. The van der Waals surface area contributed by atoms with E-state index in [-0.39, 0.29) is 5.78 Å². The van der Waals surface area contributed by atoms with Gasteiger partial charge in [-0.1, -0.05) is 18.2 Å². The van der Waals surface area contributed by atoms with Crippen LogP contribution in [-0.2, 0) is 4.74 Å². The molecule has 7 nitrogen and oxygen atoms in total. The van der Waals surface area contributed by atoms with Crippen molar-refractivity contribution in [2.75, 3.05) is 13.1 Å². The Kier molecular flexibility index (Phi) is 10.4. The molecule has 0 aliphatic rings. The second-order valence-corrected chi connectivity index (χ2v) is 10.5. The third-order valence-electron chi connectivity index (χ3n) is 5.28. The number of hydrogen-bond acceptors (Lipinski definition) is 6. The van der Waals surface area contributed by atoms with Crippen LogP contribution in [0.25, 0.3) is 0 Å². The fourth-order valence-electron chi connectivity index (χ4n) is 3.20. The average Bonchev–Trinajstić information content (AvgIpc) is 2.78. The zero-order valence-electron chi connectivity index (χ0n) is 21.7. The Morgan fingerprint density at radius 1 is 0.917 bits per heavy atom. The first kappa shape index (κ1) is 29.2. The Labute approximate surface area is 218 Å². The Morgan fingerprint density at radius 2 is 1.42 bits per heavy atom. The quantitative estimate of drug-likeness (QED) is 0.322. The first-order valence-corrected chi connectivity index (χ1v) is 12.3. The highest BCUT2D eigenvalue weighted by Gasteiger charge is 2.24. The van der Waals surface area contributed by atoms with Crippen LogP contribution < -0.4 is 15.4 Å². The van der Waals surface area contributed by atoms with Gasteiger partial charge in [0.05, 0.1) is 6.10 Å². The molecule has 0 aliphatic carbocycles. The van der Waals surface area contributed by atoms with E-state index in [0.29, 0.717) is 53.5 Å². The number of aliphatic hydroxyl groups excluding tert-OH is 1. The van der Waals surface area contributed by atoms with Gasteiger partial charge < -0.3 is 25.2 Å². The zero-order chi connectivity index (χ0) is 26.9. The molecule has 0 fully saturated rings. The number of carbonyl (C=O) groups excluding carboxylic acids is 2. The van der Waals surface area contributed by atoms with E-state index in [1.54, 1.807) is 69.3 Å². The van der Waals surface area contributed by atoms with Crippen molar-refractivity contribution in [2.45, 2.75) is 64.8 Å². The van der Waals surface area contributed by atoms with Gasteiger partial charge in [0, 0.05) is 34.9 Å². The summed E-state index contributed by atoms with van der Waals surface area (Å²) in [6, 6.07) is 13.7. The van der Waals surface area contributed by atoms with E-state index in [4.69, 9.17) is 21.1 Å². The van der Waals surface area contributed by atoms with Crippen LogP contribution in [0.5, 0.6) is 5.75 Å². The molecule has 1 amide bonds. The van der Waals surface area contributed by atoms with Gasteiger partial charge in [0.15, 0.2) is 5.78 Å². The second kappa shape index (κ2) is 12.8. The number of alkyl carbamates (subject to hydrolysis) is 1. The minimum Gasteiger partial charge on any atom is -0.482 e. The van der Waals surface area contributed by atoms with Crippen molar-refractivity contribution in [1.82, 2.24) is 10.6 Å². The van der Waals surface area contributed by atoms with Gasteiger partial charge in [-0.15, -0.1) is 0 Å². The van der Waals surface area contributed by atoms with Crippen LogP contribution in [0.2, 0.25) is 5.02 Å². The Morgan fingerprint density at radius 3 is 1.94 bits per heavy atom. The standard InChI is InChI=1S/C28H37ClN2O5/c1-19(30-17-15-23(32)16-18-31-26(34)36-27(2,3)4)28(5,6)35-24-13-9-21(10-14-24)25(33)20-7-11-22(29)12-8-20/h7-14,23,30,32H,1,15-18H2,2-6H3,(H,31,34). The van der Waals surface area contributed by atoms with Crippen LogP contribution in [0.15, 0.2) is 60.8 Å². The third kappa shape index (κ3) is 9.91. The lowest BCUT2D eigenvalue weighted by Gasteiger charge is -2.30. The molecule has 0 saturated carbocycles. The van der Waals surface area contributed by atoms with E-state index in [9.17, 15) is 14.7 Å². The van der Waals surface area contributed by atoms with Crippen molar-refractivity contribution in [1.29, 1.82) is 0 Å². The van der Waals surface area contributed by atoms with E-state index < -0.39 is 23.4 Å². The SMILES string of the molecule is C=C(NCCC(O)CCNC(=O)OC(C)(C)C)C(C)(C)Oc1ccc(C(=O)c2ccc(Cl)cc2)cc1. The Hall–Kier alpha value is -3.03. The van der Waals surface area contributed by atoms with Gasteiger partial charge in [-0.2, -0.15) is 0 Å². The molecule has 0 aromatic heterocycles. The zero-order valence-corrected chi connectivity index (χ0v) is 22.4. The highest BCUT2D eigenvalue weighted by atomic mass is 35.5. The summed E-state index contributed by atoms with van der Waals surface area (Å²) in [6.07, 6.45) is -0.196. The van der Waals surface area contributed by atoms with Gasteiger partial charge in [-0.05, 0) is 96.0 Å². The number of amides is 1. The van der Waals surface area contributed by atoms with Crippen LogP contribution in [0.1, 0.15) is 63.4 Å². The molecule has 1 unspecified atom stereocenters. The normalized spacial score (nSPS) is 12.4. The van der Waals surface area contributed by atoms with Gasteiger partial charge >= 0.3 is 6.09 Å². The van der Waals surface area contributed by atoms with Crippen molar-refractivity contribution in [3.05, 3.63) is 77.0 Å². The van der Waals surface area contributed by atoms with Crippen molar-refractivity contribution in [2.24, 2.45) is 0 Å². The van der Waals surface area contributed by atoms with Crippen molar-refractivity contribution >= 4 is 23.5 Å². The molecule has 2 rings (SSSR count). The third-order valence-corrected chi connectivity index (χ3v) is 5.54. The fraction of sp³-hybridized carbons (Fsp3) is 0.429. The molecule has 0 bridgehead atoms. The van der Waals surface area contributed by atoms with Crippen LogP contribution in [-0.4, -0.2) is 47.4 Å². The predicted octanol–water partition coefficient (Wildman–Crippen LogP) is 5.50. The second-order valence-electron chi connectivity index (χ2n) is 10.0. The van der Waals surface area contributed by atoms with Crippen LogP contribution in [0, 0.1) is 0 Å². The number of ether oxygens (including phenoxy) is 2. The Balaban J connectivity index is 1.77. The molecular weight excluding hydrogens is 480 g/mol. The van der Waals surface area contributed by atoms with Crippen LogP contribution in [0.3, 0.4) is 0 Å². The number of rotatable bonds is 12. The summed E-state index contributed by atoms with van der Waals surface area (Å²) in [5.41, 5.74) is 0.482. The van der Waals surface area contributed by atoms with E-state index in [0.717, 1.165) is 0 Å². The maximum Gasteiger partial charge on any atom is 0.407 e. The fourth-order valence-corrected chi connectivity index (χ4v) is 3.33. The van der Waals surface area contributed by atoms with Crippen molar-refractivity contribution < 1.29 is 24.2 Å². The lowest BCUT2D eigenvalue weighted by Crippen LogP contribution is -2.38. The number of carbonyl (C=O) groups is 2. The minimum absolute atomic E-state index is 0.0941. The predicted molar refractivity (Wildman–Crippen MR) is 143 cm³/mol. The van der Waals surface area contributed by atoms with Gasteiger partial charge in [-0.25, -0.2) is 4.79 Å². The Bertz CT molecular complexity index is 1030. The lowest BCUT2D eigenvalue weighted by atomic mass is 10.0. The summed E-state index contributed by atoms with van der Waals surface area (Å²) in [6.45, 7) is 14.0. The van der Waals surface area contributed by atoms with E-state index in [2.05, 4.69) is 17.2 Å². The molecule has 0 saturated heterocycles. The highest BCUT2D eigenvalue weighted by molar-refractivity contribution is 6.30.